The molecule has 0 N–H and O–H groups in total. The van der Waals surface area contributed by atoms with Crippen molar-refractivity contribution in [3.05, 3.63) is 53.6 Å². The molecule has 0 saturated carbocycles. The fourth-order valence-corrected chi connectivity index (χ4v) is 4.32. The maximum atomic E-state index is 12.6. The minimum Gasteiger partial charge on any atom is -0.496 e. The average Bonchev–Trinajstić information content (AvgIpc) is 3.03. The number of amides is 1. The summed E-state index contributed by atoms with van der Waals surface area (Å²) in [6.45, 7) is 2.97. The largest absolute Gasteiger partial charge is 0.496 e. The van der Waals surface area contributed by atoms with Crippen LogP contribution in [0.4, 0.5) is 0 Å². The minimum absolute atomic E-state index is 0.0965. The topological polar surface area (TPSA) is 48.0 Å². The van der Waals surface area contributed by atoms with E-state index >= 15 is 0 Å². The van der Waals surface area contributed by atoms with E-state index in [0.717, 1.165) is 16.9 Å². The van der Waals surface area contributed by atoms with Gasteiger partial charge < -0.3 is 19.1 Å². The van der Waals surface area contributed by atoms with E-state index in [2.05, 4.69) is 0 Å². The second-order valence-electron chi connectivity index (χ2n) is 5.80. The molecule has 0 aliphatic carbocycles. The van der Waals surface area contributed by atoms with Crippen LogP contribution in [0.3, 0.4) is 0 Å². The summed E-state index contributed by atoms with van der Waals surface area (Å²) in [7, 11) is 3.25. The number of rotatable bonds is 7. The molecule has 1 heterocycles. The Labute approximate surface area is 158 Å². The Morgan fingerprint density at radius 2 is 1.69 bits per heavy atom. The number of nitrogens with zero attached hydrogens (tertiary/aromatic N) is 1. The molecule has 5 nitrogen and oxygen atoms in total. The summed E-state index contributed by atoms with van der Waals surface area (Å²) in [6, 6.07) is 13.5. The van der Waals surface area contributed by atoms with Crippen LogP contribution in [-0.2, 0) is 11.3 Å². The van der Waals surface area contributed by atoms with Gasteiger partial charge in [0.2, 0.25) is 5.91 Å². The van der Waals surface area contributed by atoms with Crippen molar-refractivity contribution in [2.75, 3.05) is 26.6 Å². The molecular weight excluding hydrogens is 350 g/mol. The molecule has 26 heavy (non-hydrogen) atoms. The molecule has 2 aromatic rings. The Morgan fingerprint density at radius 1 is 1.04 bits per heavy atom. The molecule has 138 valence electrons. The molecule has 2 aromatic carbocycles. The van der Waals surface area contributed by atoms with Gasteiger partial charge in [-0.1, -0.05) is 24.3 Å². The predicted molar refractivity (Wildman–Crippen MR) is 103 cm³/mol. The van der Waals surface area contributed by atoms with Crippen molar-refractivity contribution in [1.82, 2.24) is 4.90 Å². The maximum absolute atomic E-state index is 12.6. The van der Waals surface area contributed by atoms with E-state index in [1.54, 1.807) is 26.0 Å². The van der Waals surface area contributed by atoms with Crippen molar-refractivity contribution in [3.8, 4) is 17.2 Å². The molecule has 1 aliphatic rings. The van der Waals surface area contributed by atoms with Gasteiger partial charge in [-0.05, 0) is 25.1 Å². The molecule has 1 atom stereocenters. The molecule has 1 fully saturated rings. The molecule has 0 aromatic heterocycles. The molecule has 0 radical (unpaired) electrons. The van der Waals surface area contributed by atoms with E-state index in [1.807, 2.05) is 54.3 Å². The van der Waals surface area contributed by atoms with Crippen molar-refractivity contribution < 1.29 is 19.0 Å². The third-order valence-electron chi connectivity index (χ3n) is 4.31. The van der Waals surface area contributed by atoms with Gasteiger partial charge in [0.1, 0.15) is 22.6 Å². The standard InChI is InChI=1S/C20H23NO4S/c1-4-25-18-9-6-5-8-14(18)20-21(19(22)13-26-20)12-15-16(23-2)10-7-11-17(15)24-3/h5-11,20H,4,12-13H2,1-3H3. The second-order valence-corrected chi connectivity index (χ2v) is 6.87. The van der Waals surface area contributed by atoms with E-state index < -0.39 is 0 Å². The summed E-state index contributed by atoms with van der Waals surface area (Å²) in [4.78, 5) is 14.5. The number of ether oxygens (including phenoxy) is 3. The molecule has 1 unspecified atom stereocenters. The van der Waals surface area contributed by atoms with Crippen LogP contribution in [0.5, 0.6) is 17.2 Å². The Bertz CT molecular complexity index is 758. The minimum atomic E-state index is -0.0973. The van der Waals surface area contributed by atoms with Gasteiger partial charge in [-0.15, -0.1) is 11.8 Å². The first kappa shape index (κ1) is 18.5. The SMILES string of the molecule is CCOc1ccccc1C1SCC(=O)N1Cc1c(OC)cccc1OC. The summed E-state index contributed by atoms with van der Waals surface area (Å²) in [5, 5.41) is -0.0973. The van der Waals surface area contributed by atoms with Gasteiger partial charge in [-0.3, -0.25) is 4.79 Å². The van der Waals surface area contributed by atoms with Crippen molar-refractivity contribution >= 4 is 17.7 Å². The number of methoxy groups -OCH3 is 2. The molecule has 6 heteroatoms. The maximum Gasteiger partial charge on any atom is 0.234 e. The van der Waals surface area contributed by atoms with Gasteiger partial charge in [0, 0.05) is 5.56 Å². The van der Waals surface area contributed by atoms with E-state index in [9.17, 15) is 4.79 Å². The smallest absolute Gasteiger partial charge is 0.234 e. The molecule has 0 bridgehead atoms. The van der Waals surface area contributed by atoms with Crippen molar-refractivity contribution in [1.29, 1.82) is 0 Å². The summed E-state index contributed by atoms with van der Waals surface area (Å²) < 4.78 is 16.7. The van der Waals surface area contributed by atoms with Crippen LogP contribution in [0.15, 0.2) is 42.5 Å². The highest BCUT2D eigenvalue weighted by atomic mass is 32.2. The van der Waals surface area contributed by atoms with E-state index in [4.69, 9.17) is 14.2 Å². The van der Waals surface area contributed by atoms with Gasteiger partial charge in [-0.25, -0.2) is 0 Å². The van der Waals surface area contributed by atoms with Gasteiger partial charge >= 0.3 is 0 Å². The zero-order valence-electron chi connectivity index (χ0n) is 15.2. The first-order chi connectivity index (χ1) is 12.7. The Kier molecular flexibility index (Phi) is 5.93. The summed E-state index contributed by atoms with van der Waals surface area (Å²) in [6.07, 6.45) is 0. The molecule has 1 aliphatic heterocycles. The van der Waals surface area contributed by atoms with Crippen molar-refractivity contribution in [2.45, 2.75) is 18.8 Å². The number of carbonyl (C=O) groups is 1. The monoisotopic (exact) mass is 373 g/mol. The fraction of sp³-hybridized carbons (Fsp3) is 0.350. The van der Waals surface area contributed by atoms with Crippen molar-refractivity contribution in [3.63, 3.8) is 0 Å². The first-order valence-electron chi connectivity index (χ1n) is 8.52. The summed E-state index contributed by atoms with van der Waals surface area (Å²) >= 11 is 1.61. The lowest BCUT2D eigenvalue weighted by atomic mass is 10.1. The number of carbonyl (C=O) groups excluding carboxylic acids is 1. The number of hydrogen-bond acceptors (Lipinski definition) is 5. The van der Waals surface area contributed by atoms with Gasteiger partial charge in [-0.2, -0.15) is 0 Å². The fourth-order valence-electron chi connectivity index (χ4n) is 3.11. The summed E-state index contributed by atoms with van der Waals surface area (Å²) in [5.41, 5.74) is 1.88. The summed E-state index contributed by atoms with van der Waals surface area (Å²) in [5.74, 6) is 2.79. The number of thioether (sulfide) groups is 1. The molecule has 3 rings (SSSR count). The lowest BCUT2D eigenvalue weighted by molar-refractivity contribution is -0.128. The quantitative estimate of drug-likeness (QED) is 0.737. The lowest BCUT2D eigenvalue weighted by Gasteiger charge is -2.27. The van der Waals surface area contributed by atoms with Crippen LogP contribution in [-0.4, -0.2) is 37.4 Å². The highest BCUT2D eigenvalue weighted by Gasteiger charge is 2.35. The van der Waals surface area contributed by atoms with Crippen LogP contribution in [0.2, 0.25) is 0 Å². The Hall–Kier alpha value is -2.34. The van der Waals surface area contributed by atoms with E-state index in [1.165, 1.54) is 0 Å². The normalized spacial score (nSPS) is 16.7. The number of benzene rings is 2. The first-order valence-corrected chi connectivity index (χ1v) is 9.57. The lowest BCUT2D eigenvalue weighted by Crippen LogP contribution is -2.28. The van der Waals surface area contributed by atoms with E-state index in [-0.39, 0.29) is 11.3 Å². The highest BCUT2D eigenvalue weighted by Crippen LogP contribution is 2.44. The van der Waals surface area contributed by atoms with E-state index in [0.29, 0.717) is 30.4 Å². The zero-order valence-corrected chi connectivity index (χ0v) is 16.0. The Morgan fingerprint density at radius 3 is 2.35 bits per heavy atom. The third-order valence-corrected chi connectivity index (χ3v) is 5.55. The van der Waals surface area contributed by atoms with Crippen LogP contribution in [0, 0.1) is 0 Å². The van der Waals surface area contributed by atoms with Crippen LogP contribution < -0.4 is 14.2 Å². The molecular formula is C20H23NO4S. The Balaban J connectivity index is 1.96. The zero-order chi connectivity index (χ0) is 18.5. The molecule has 0 spiro atoms. The average molecular weight is 373 g/mol. The number of hydrogen-bond donors (Lipinski definition) is 0. The predicted octanol–water partition coefficient (Wildman–Crippen LogP) is 3.88. The second kappa shape index (κ2) is 8.36. The van der Waals surface area contributed by atoms with Gasteiger partial charge in [0.15, 0.2) is 0 Å². The van der Waals surface area contributed by atoms with Crippen molar-refractivity contribution in [2.24, 2.45) is 0 Å². The molecule has 1 amide bonds. The molecule has 1 saturated heterocycles. The van der Waals surface area contributed by atoms with Crippen LogP contribution in [0.25, 0.3) is 0 Å². The highest BCUT2D eigenvalue weighted by molar-refractivity contribution is 8.00. The van der Waals surface area contributed by atoms with Gasteiger partial charge in [0.25, 0.3) is 0 Å². The van der Waals surface area contributed by atoms with Crippen LogP contribution >= 0.6 is 11.8 Å². The third kappa shape index (κ3) is 3.60. The number of para-hydroxylation sites is 1. The van der Waals surface area contributed by atoms with Gasteiger partial charge in [0.05, 0.1) is 38.7 Å². The van der Waals surface area contributed by atoms with Crippen LogP contribution in [0.1, 0.15) is 23.4 Å².